The third kappa shape index (κ3) is 7.53. The van der Waals surface area contributed by atoms with E-state index in [1.807, 2.05) is 54.6 Å². The summed E-state index contributed by atoms with van der Waals surface area (Å²) in [5.41, 5.74) is 2.42. The molecule has 6 nitrogen and oxygen atoms in total. The number of thiophene rings is 1. The summed E-state index contributed by atoms with van der Waals surface area (Å²) in [6.07, 6.45) is 12.9. The average molecular weight is 653 g/mol. The molecule has 1 aliphatic carbocycles. The molecule has 7 heteroatoms. The van der Waals surface area contributed by atoms with E-state index in [2.05, 4.69) is 21.9 Å². The van der Waals surface area contributed by atoms with Gasteiger partial charge in [0.1, 0.15) is 30.0 Å². The highest BCUT2D eigenvalue weighted by Crippen LogP contribution is 2.42. The van der Waals surface area contributed by atoms with Crippen LogP contribution in [0, 0.1) is 0 Å². The molecule has 2 saturated heterocycles. The predicted octanol–water partition coefficient (Wildman–Crippen LogP) is 8.85. The van der Waals surface area contributed by atoms with Gasteiger partial charge in [-0.2, -0.15) is 0 Å². The van der Waals surface area contributed by atoms with Gasteiger partial charge in [-0.05, 0) is 143 Å². The van der Waals surface area contributed by atoms with E-state index in [9.17, 15) is 4.79 Å². The molecule has 0 N–H and O–H groups in total. The molecule has 3 aliphatic rings. The van der Waals surface area contributed by atoms with E-state index in [4.69, 9.17) is 14.2 Å². The summed E-state index contributed by atoms with van der Waals surface area (Å²) in [6, 6.07) is 22.5. The van der Waals surface area contributed by atoms with Crippen molar-refractivity contribution in [2.24, 2.45) is 0 Å². The zero-order valence-corrected chi connectivity index (χ0v) is 28.6. The van der Waals surface area contributed by atoms with Crippen molar-refractivity contribution >= 4 is 27.2 Å². The lowest BCUT2D eigenvalue weighted by Gasteiger charge is -2.39. The number of hydrogen-bond acceptors (Lipinski definition) is 7. The van der Waals surface area contributed by atoms with Crippen LogP contribution < -0.4 is 14.2 Å². The number of likely N-dealkylation sites (tertiary alicyclic amines) is 2. The number of fused-ring (bicyclic) bond motifs is 1. The zero-order valence-electron chi connectivity index (χ0n) is 27.8. The second-order valence-electron chi connectivity index (χ2n) is 13.4. The van der Waals surface area contributed by atoms with Gasteiger partial charge in [-0.25, -0.2) is 0 Å². The third-order valence-corrected chi connectivity index (χ3v) is 11.5. The first-order valence-corrected chi connectivity index (χ1v) is 18.6. The maximum atomic E-state index is 14.3. The molecule has 3 fully saturated rings. The molecule has 2 atom stereocenters. The Bertz CT molecular complexity index is 1620. The molecule has 1 aromatic heterocycles. The van der Waals surface area contributed by atoms with Gasteiger partial charge in [0.05, 0.1) is 7.11 Å². The van der Waals surface area contributed by atoms with Gasteiger partial charge in [-0.3, -0.25) is 14.6 Å². The van der Waals surface area contributed by atoms with Crippen LogP contribution in [0.25, 0.3) is 20.5 Å². The molecule has 2 aliphatic heterocycles. The van der Waals surface area contributed by atoms with E-state index < -0.39 is 0 Å². The second kappa shape index (κ2) is 15.2. The lowest BCUT2D eigenvalue weighted by molar-refractivity contribution is 0.0375. The van der Waals surface area contributed by atoms with Crippen molar-refractivity contribution in [2.75, 3.05) is 46.4 Å². The highest BCUT2D eigenvalue weighted by molar-refractivity contribution is 7.22. The number of benzene rings is 3. The quantitative estimate of drug-likeness (QED) is 0.151. The Morgan fingerprint density at radius 2 is 1.45 bits per heavy atom. The van der Waals surface area contributed by atoms with Gasteiger partial charge in [-0.15, -0.1) is 11.3 Å². The van der Waals surface area contributed by atoms with Crippen molar-refractivity contribution < 1.29 is 19.0 Å². The Balaban J connectivity index is 1.10. The maximum Gasteiger partial charge on any atom is 0.195 e. The summed E-state index contributed by atoms with van der Waals surface area (Å²) in [5, 5.41) is 0.949. The van der Waals surface area contributed by atoms with Crippen molar-refractivity contribution in [2.45, 2.75) is 76.4 Å². The minimum Gasteiger partial charge on any atom is -0.497 e. The molecule has 1 saturated carbocycles. The Morgan fingerprint density at radius 3 is 2.19 bits per heavy atom. The summed E-state index contributed by atoms with van der Waals surface area (Å²) < 4.78 is 19.3. The SMILES string of the molecule is COc1ccc2c(C(=O)c3ccc(O[C@H]4CCCCC4N4CCCCCC4)cc3)c(-c3ccc(OCCN4CCCC4)cc3)sc2c1. The lowest BCUT2D eigenvalue weighted by atomic mass is 9.91. The summed E-state index contributed by atoms with van der Waals surface area (Å²) >= 11 is 1.63. The Labute approximate surface area is 283 Å². The molecular formula is C40H48N2O4S. The zero-order chi connectivity index (χ0) is 32.0. The highest BCUT2D eigenvalue weighted by Gasteiger charge is 2.32. The monoisotopic (exact) mass is 652 g/mol. The molecular weight excluding hydrogens is 605 g/mol. The molecule has 7 rings (SSSR count). The van der Waals surface area contributed by atoms with Gasteiger partial charge in [0, 0.05) is 38.7 Å². The van der Waals surface area contributed by atoms with E-state index in [0.717, 1.165) is 56.3 Å². The maximum absolute atomic E-state index is 14.3. The Hall–Kier alpha value is -3.39. The highest BCUT2D eigenvalue weighted by atomic mass is 32.1. The van der Waals surface area contributed by atoms with Crippen LogP contribution in [0.5, 0.6) is 17.2 Å². The number of carbonyl (C=O) groups is 1. The fourth-order valence-electron chi connectivity index (χ4n) is 7.70. The number of methoxy groups -OCH3 is 1. The topological polar surface area (TPSA) is 51.2 Å². The minimum atomic E-state index is 0.0222. The molecule has 0 bridgehead atoms. The molecule has 0 amide bonds. The van der Waals surface area contributed by atoms with Gasteiger partial charge < -0.3 is 14.2 Å². The standard InChI is InChI=1S/C40H48N2O4S/c1-44-33-20-21-34-37(28-33)47-40(30-14-16-31(17-15-30)45-27-26-41-22-8-9-23-41)38(34)39(43)29-12-18-32(19-13-29)46-36-11-5-4-10-35(36)42-24-6-2-3-7-25-42/h12-21,28,35-36H,2-11,22-27H2,1H3/t35?,36-/m0/s1. The molecule has 0 radical (unpaired) electrons. The number of nitrogens with zero attached hydrogens (tertiary/aromatic N) is 2. The van der Waals surface area contributed by atoms with Gasteiger partial charge in [0.2, 0.25) is 0 Å². The summed E-state index contributed by atoms with van der Waals surface area (Å²) in [7, 11) is 1.68. The van der Waals surface area contributed by atoms with Crippen LogP contribution in [0.1, 0.15) is 80.1 Å². The second-order valence-corrected chi connectivity index (χ2v) is 14.5. The Morgan fingerprint density at radius 1 is 0.766 bits per heavy atom. The number of ketones is 1. The Kier molecular flexibility index (Phi) is 10.4. The first-order chi connectivity index (χ1) is 23.2. The average Bonchev–Trinajstić information content (AvgIpc) is 3.68. The van der Waals surface area contributed by atoms with E-state index in [-0.39, 0.29) is 11.9 Å². The number of ether oxygens (including phenoxy) is 3. The summed E-state index contributed by atoms with van der Waals surface area (Å²) in [4.78, 5) is 20.4. The first kappa shape index (κ1) is 32.2. The summed E-state index contributed by atoms with van der Waals surface area (Å²) in [5.74, 6) is 2.52. The van der Waals surface area contributed by atoms with E-state index in [0.29, 0.717) is 18.2 Å². The fraction of sp³-hybridized carbons (Fsp3) is 0.475. The van der Waals surface area contributed by atoms with E-state index in [1.165, 1.54) is 84.0 Å². The van der Waals surface area contributed by atoms with Gasteiger partial charge in [0.15, 0.2) is 5.78 Å². The number of rotatable bonds is 11. The number of carbonyl (C=O) groups excluding carboxylic acids is 1. The predicted molar refractivity (Wildman–Crippen MR) is 192 cm³/mol. The molecule has 3 aromatic carbocycles. The van der Waals surface area contributed by atoms with E-state index >= 15 is 0 Å². The van der Waals surface area contributed by atoms with Crippen LogP contribution >= 0.6 is 11.3 Å². The molecule has 248 valence electrons. The molecule has 0 spiro atoms. The minimum absolute atomic E-state index is 0.0222. The summed E-state index contributed by atoms with van der Waals surface area (Å²) in [6.45, 7) is 6.37. The van der Waals surface area contributed by atoms with Gasteiger partial charge in [-0.1, -0.05) is 19.3 Å². The lowest BCUT2D eigenvalue weighted by Crippen LogP contribution is -2.48. The van der Waals surface area contributed by atoms with Crippen molar-refractivity contribution in [3.63, 3.8) is 0 Å². The van der Waals surface area contributed by atoms with Crippen LogP contribution in [-0.4, -0.2) is 74.2 Å². The third-order valence-electron chi connectivity index (χ3n) is 10.3. The van der Waals surface area contributed by atoms with Crippen LogP contribution in [0.15, 0.2) is 66.7 Å². The largest absolute Gasteiger partial charge is 0.497 e. The fourth-order valence-corrected chi connectivity index (χ4v) is 8.93. The molecule has 3 heterocycles. The van der Waals surface area contributed by atoms with Crippen molar-refractivity contribution in [1.82, 2.24) is 9.80 Å². The number of hydrogen-bond donors (Lipinski definition) is 0. The molecule has 47 heavy (non-hydrogen) atoms. The van der Waals surface area contributed by atoms with Crippen LogP contribution in [0.4, 0.5) is 0 Å². The normalized spacial score (nSPS) is 21.0. The first-order valence-electron chi connectivity index (χ1n) is 17.8. The molecule has 1 unspecified atom stereocenters. The molecule has 4 aromatic rings. The van der Waals surface area contributed by atoms with Crippen molar-refractivity contribution in [3.8, 4) is 27.7 Å². The van der Waals surface area contributed by atoms with Crippen LogP contribution in [-0.2, 0) is 0 Å². The van der Waals surface area contributed by atoms with Crippen LogP contribution in [0.3, 0.4) is 0 Å². The van der Waals surface area contributed by atoms with Gasteiger partial charge >= 0.3 is 0 Å². The smallest absolute Gasteiger partial charge is 0.195 e. The van der Waals surface area contributed by atoms with Crippen molar-refractivity contribution in [3.05, 3.63) is 77.9 Å². The van der Waals surface area contributed by atoms with Gasteiger partial charge in [0.25, 0.3) is 0 Å². The van der Waals surface area contributed by atoms with Crippen LogP contribution in [0.2, 0.25) is 0 Å². The van der Waals surface area contributed by atoms with E-state index in [1.54, 1.807) is 18.4 Å². The van der Waals surface area contributed by atoms with Crippen molar-refractivity contribution in [1.29, 1.82) is 0 Å².